The fourth-order valence-corrected chi connectivity index (χ4v) is 1.91. The number of hydrogen-bond acceptors (Lipinski definition) is 2. The summed E-state index contributed by atoms with van der Waals surface area (Å²) in [4.78, 5) is 11.7. The third kappa shape index (κ3) is 5.25. The molecule has 0 aliphatic heterocycles. The Bertz CT molecular complexity index is 441. The van der Waals surface area contributed by atoms with Gasteiger partial charge in [-0.15, -0.1) is 0 Å². The van der Waals surface area contributed by atoms with Crippen LogP contribution < -0.4 is 5.32 Å². The molecule has 112 valence electrons. The summed E-state index contributed by atoms with van der Waals surface area (Å²) in [6, 6.07) is 3.54. The van der Waals surface area contributed by atoms with Gasteiger partial charge in [-0.1, -0.05) is 19.9 Å². The van der Waals surface area contributed by atoms with Gasteiger partial charge in [0.2, 0.25) is 5.91 Å². The van der Waals surface area contributed by atoms with Gasteiger partial charge in [-0.3, -0.25) is 4.79 Å². The zero-order valence-corrected chi connectivity index (χ0v) is 11.9. The molecular formula is C15H21F2NO2. The highest BCUT2D eigenvalue weighted by Gasteiger charge is 2.19. The molecule has 0 aromatic heterocycles. The normalized spacial score (nSPS) is 11.4. The molecule has 0 fully saturated rings. The number of amides is 1. The van der Waals surface area contributed by atoms with Gasteiger partial charge in [-0.2, -0.15) is 0 Å². The summed E-state index contributed by atoms with van der Waals surface area (Å²) in [6.07, 6.45) is 1.11. The summed E-state index contributed by atoms with van der Waals surface area (Å²) in [5.74, 6) is -1.83. The second kappa shape index (κ2) is 7.33. The lowest BCUT2D eigenvalue weighted by Gasteiger charge is -2.24. The number of aliphatic hydroxyl groups excluding tert-OH is 1. The van der Waals surface area contributed by atoms with E-state index in [1.165, 1.54) is 6.07 Å². The van der Waals surface area contributed by atoms with Crippen molar-refractivity contribution in [3.63, 3.8) is 0 Å². The molecule has 1 aromatic rings. The molecule has 0 atom stereocenters. The van der Waals surface area contributed by atoms with Gasteiger partial charge in [0.1, 0.15) is 11.6 Å². The number of carbonyl (C=O) groups is 1. The molecule has 0 saturated heterocycles. The van der Waals surface area contributed by atoms with E-state index in [0.29, 0.717) is 13.0 Å². The van der Waals surface area contributed by atoms with Crippen LogP contribution in [0.5, 0.6) is 0 Å². The minimum Gasteiger partial charge on any atom is -0.396 e. The van der Waals surface area contributed by atoms with E-state index < -0.39 is 17.5 Å². The van der Waals surface area contributed by atoms with E-state index in [1.807, 2.05) is 13.8 Å². The minimum absolute atomic E-state index is 0.109. The Hall–Kier alpha value is -1.49. The molecule has 3 nitrogen and oxygen atoms in total. The van der Waals surface area contributed by atoms with Crippen LogP contribution in [0.2, 0.25) is 0 Å². The maximum absolute atomic E-state index is 13.4. The van der Waals surface area contributed by atoms with E-state index in [2.05, 4.69) is 5.32 Å². The maximum atomic E-state index is 13.4. The first-order valence-corrected chi connectivity index (χ1v) is 6.66. The SMILES string of the molecule is CC(C)(CCCO)CNC(=O)Cc1c(F)cccc1F. The van der Waals surface area contributed by atoms with Crippen molar-refractivity contribution >= 4 is 5.91 Å². The highest BCUT2D eigenvalue weighted by Crippen LogP contribution is 2.21. The number of hydrogen-bond donors (Lipinski definition) is 2. The number of aliphatic hydroxyl groups is 1. The Morgan fingerprint density at radius 3 is 2.45 bits per heavy atom. The molecule has 0 heterocycles. The van der Waals surface area contributed by atoms with E-state index in [9.17, 15) is 13.6 Å². The lowest BCUT2D eigenvalue weighted by molar-refractivity contribution is -0.121. The summed E-state index contributed by atoms with van der Waals surface area (Å²) >= 11 is 0. The van der Waals surface area contributed by atoms with Gasteiger partial charge in [-0.05, 0) is 30.4 Å². The minimum atomic E-state index is -0.709. The Balaban J connectivity index is 2.52. The second-order valence-corrected chi connectivity index (χ2v) is 5.65. The van der Waals surface area contributed by atoms with E-state index in [4.69, 9.17) is 5.11 Å². The third-order valence-electron chi connectivity index (χ3n) is 3.17. The van der Waals surface area contributed by atoms with Gasteiger partial charge < -0.3 is 10.4 Å². The Kier molecular flexibility index (Phi) is 6.07. The van der Waals surface area contributed by atoms with Crippen LogP contribution in [0, 0.1) is 17.0 Å². The van der Waals surface area contributed by atoms with Crippen molar-refractivity contribution < 1.29 is 18.7 Å². The maximum Gasteiger partial charge on any atom is 0.224 e. The zero-order valence-electron chi connectivity index (χ0n) is 11.9. The summed E-state index contributed by atoms with van der Waals surface area (Å²) in [7, 11) is 0. The summed E-state index contributed by atoms with van der Waals surface area (Å²) in [5, 5.41) is 11.5. The number of nitrogens with one attached hydrogen (secondary N) is 1. The van der Waals surface area contributed by atoms with E-state index in [1.54, 1.807) is 0 Å². The van der Waals surface area contributed by atoms with Gasteiger partial charge in [0.05, 0.1) is 6.42 Å². The van der Waals surface area contributed by atoms with Crippen LogP contribution in [0.3, 0.4) is 0 Å². The predicted molar refractivity (Wildman–Crippen MR) is 73.2 cm³/mol. The molecule has 0 spiro atoms. The monoisotopic (exact) mass is 285 g/mol. The van der Waals surface area contributed by atoms with Crippen LogP contribution in [0.4, 0.5) is 8.78 Å². The quantitative estimate of drug-likeness (QED) is 0.808. The Morgan fingerprint density at radius 2 is 1.90 bits per heavy atom. The van der Waals surface area contributed by atoms with Crippen molar-refractivity contribution in [2.45, 2.75) is 33.1 Å². The Morgan fingerprint density at radius 1 is 1.30 bits per heavy atom. The summed E-state index contributed by atoms with van der Waals surface area (Å²) < 4.78 is 26.8. The average Bonchev–Trinajstić information content (AvgIpc) is 2.39. The first-order chi connectivity index (χ1) is 9.35. The standard InChI is InChI=1S/C15H21F2NO2/c1-15(2,7-4-8-19)10-18-14(20)9-11-12(16)5-3-6-13(11)17/h3,5-6,19H,4,7-10H2,1-2H3,(H,18,20). The van der Waals surface area contributed by atoms with Crippen molar-refractivity contribution in [3.05, 3.63) is 35.4 Å². The molecule has 0 bridgehead atoms. The molecule has 1 rings (SSSR count). The van der Waals surface area contributed by atoms with E-state index in [0.717, 1.165) is 18.6 Å². The first-order valence-electron chi connectivity index (χ1n) is 6.66. The molecule has 0 unspecified atom stereocenters. The number of carbonyl (C=O) groups excluding carboxylic acids is 1. The lowest BCUT2D eigenvalue weighted by Crippen LogP contribution is -2.35. The largest absolute Gasteiger partial charge is 0.396 e. The Labute approximate surface area is 118 Å². The molecule has 0 aliphatic carbocycles. The van der Waals surface area contributed by atoms with Gasteiger partial charge in [-0.25, -0.2) is 8.78 Å². The molecule has 0 aliphatic rings. The van der Waals surface area contributed by atoms with Gasteiger partial charge >= 0.3 is 0 Å². The molecule has 2 N–H and O–H groups in total. The molecule has 1 amide bonds. The highest BCUT2D eigenvalue weighted by atomic mass is 19.1. The average molecular weight is 285 g/mol. The van der Waals surface area contributed by atoms with Crippen LogP contribution in [0.25, 0.3) is 0 Å². The van der Waals surface area contributed by atoms with Gasteiger partial charge in [0.15, 0.2) is 0 Å². The fourth-order valence-electron chi connectivity index (χ4n) is 1.91. The van der Waals surface area contributed by atoms with Crippen LogP contribution in [-0.4, -0.2) is 24.2 Å². The molecule has 20 heavy (non-hydrogen) atoms. The van der Waals surface area contributed by atoms with E-state index in [-0.39, 0.29) is 24.0 Å². The van der Waals surface area contributed by atoms with Gasteiger partial charge in [0, 0.05) is 18.7 Å². The van der Waals surface area contributed by atoms with Crippen LogP contribution in [0.15, 0.2) is 18.2 Å². The van der Waals surface area contributed by atoms with E-state index >= 15 is 0 Å². The topological polar surface area (TPSA) is 49.3 Å². The molecular weight excluding hydrogens is 264 g/mol. The highest BCUT2D eigenvalue weighted by molar-refractivity contribution is 5.78. The molecule has 0 radical (unpaired) electrons. The third-order valence-corrected chi connectivity index (χ3v) is 3.17. The van der Waals surface area contributed by atoms with Crippen LogP contribution in [0.1, 0.15) is 32.3 Å². The summed E-state index contributed by atoms with van der Waals surface area (Å²) in [6.45, 7) is 4.44. The van der Waals surface area contributed by atoms with Crippen LogP contribution in [-0.2, 0) is 11.2 Å². The lowest BCUT2D eigenvalue weighted by atomic mass is 9.88. The smallest absolute Gasteiger partial charge is 0.224 e. The zero-order chi connectivity index (χ0) is 15.2. The van der Waals surface area contributed by atoms with Crippen molar-refractivity contribution in [2.24, 2.45) is 5.41 Å². The van der Waals surface area contributed by atoms with Crippen LogP contribution >= 0.6 is 0 Å². The number of rotatable bonds is 7. The van der Waals surface area contributed by atoms with Crippen molar-refractivity contribution in [1.82, 2.24) is 5.32 Å². The fraction of sp³-hybridized carbons (Fsp3) is 0.533. The number of benzene rings is 1. The van der Waals surface area contributed by atoms with Crippen molar-refractivity contribution in [1.29, 1.82) is 0 Å². The van der Waals surface area contributed by atoms with Crippen molar-refractivity contribution in [3.8, 4) is 0 Å². The molecule has 1 aromatic carbocycles. The number of halogens is 2. The first kappa shape index (κ1) is 16.6. The molecule has 0 saturated carbocycles. The van der Waals surface area contributed by atoms with Gasteiger partial charge in [0.25, 0.3) is 0 Å². The van der Waals surface area contributed by atoms with Crippen molar-refractivity contribution in [2.75, 3.05) is 13.2 Å². The molecule has 5 heteroatoms. The summed E-state index contributed by atoms with van der Waals surface area (Å²) in [5.41, 5.74) is -0.371. The second-order valence-electron chi connectivity index (χ2n) is 5.65. The predicted octanol–water partition coefficient (Wildman–Crippen LogP) is 2.42.